The third kappa shape index (κ3) is 4.64. The van der Waals surface area contributed by atoms with Gasteiger partial charge in [0.05, 0.1) is 22.9 Å². The van der Waals surface area contributed by atoms with Gasteiger partial charge in [-0.15, -0.1) is 11.8 Å². The van der Waals surface area contributed by atoms with Crippen molar-refractivity contribution >= 4 is 23.5 Å². The summed E-state index contributed by atoms with van der Waals surface area (Å²) in [6, 6.07) is 13.1. The van der Waals surface area contributed by atoms with Crippen LogP contribution in [-0.4, -0.2) is 30.9 Å². The molecular weight excluding hydrogens is 434 g/mol. The molecule has 158 valence electrons. The second-order valence-electron chi connectivity index (χ2n) is 6.63. The maximum absolute atomic E-state index is 12.8. The standard InChI is InChI=1S/C21H19N5O3S2/c1-13-18(24-21(28)26(20(13)27)11-14-7-4-3-5-8-14)31-12-16-23-17(29-25-16)15-9-6-10-22-19(15)30-2/h3-10H,11-12H2,1-2H3,(H,24,28). The number of hydrogen-bond donors (Lipinski definition) is 1. The van der Waals surface area contributed by atoms with Gasteiger partial charge in [0, 0.05) is 11.8 Å². The average Bonchev–Trinajstić information content (AvgIpc) is 3.27. The zero-order valence-electron chi connectivity index (χ0n) is 16.9. The summed E-state index contributed by atoms with van der Waals surface area (Å²) in [4.78, 5) is 36.8. The number of thioether (sulfide) groups is 2. The Hall–Kier alpha value is -3.11. The maximum Gasteiger partial charge on any atom is 0.329 e. The number of rotatable bonds is 7. The first-order chi connectivity index (χ1) is 15.1. The van der Waals surface area contributed by atoms with Crippen molar-refractivity contribution < 1.29 is 4.52 Å². The van der Waals surface area contributed by atoms with E-state index in [0.717, 1.165) is 16.2 Å². The molecule has 0 atom stereocenters. The smallest absolute Gasteiger partial charge is 0.329 e. The van der Waals surface area contributed by atoms with Gasteiger partial charge in [0.2, 0.25) is 0 Å². The summed E-state index contributed by atoms with van der Waals surface area (Å²) < 4.78 is 6.58. The third-order valence-electron chi connectivity index (χ3n) is 4.56. The molecule has 0 radical (unpaired) electrons. The Bertz CT molecular complexity index is 1310. The van der Waals surface area contributed by atoms with Crippen molar-refractivity contribution in [2.75, 3.05) is 6.26 Å². The van der Waals surface area contributed by atoms with Crippen molar-refractivity contribution in [1.29, 1.82) is 0 Å². The first kappa shape index (κ1) is 21.1. The van der Waals surface area contributed by atoms with Crippen molar-refractivity contribution in [2.24, 2.45) is 0 Å². The molecule has 8 nitrogen and oxygen atoms in total. The topological polar surface area (TPSA) is 107 Å². The summed E-state index contributed by atoms with van der Waals surface area (Å²) >= 11 is 2.78. The minimum absolute atomic E-state index is 0.220. The van der Waals surface area contributed by atoms with Crippen LogP contribution in [0.1, 0.15) is 17.0 Å². The van der Waals surface area contributed by atoms with Crippen LogP contribution in [0.15, 0.2) is 72.8 Å². The highest BCUT2D eigenvalue weighted by atomic mass is 32.2. The normalized spacial score (nSPS) is 11.0. The number of aromatic nitrogens is 5. The van der Waals surface area contributed by atoms with Gasteiger partial charge < -0.3 is 9.51 Å². The molecule has 1 aromatic carbocycles. The second kappa shape index (κ2) is 9.36. The van der Waals surface area contributed by atoms with Gasteiger partial charge >= 0.3 is 5.69 Å². The highest BCUT2D eigenvalue weighted by Gasteiger charge is 2.16. The van der Waals surface area contributed by atoms with Gasteiger partial charge in [0.1, 0.15) is 5.03 Å². The van der Waals surface area contributed by atoms with Crippen LogP contribution in [-0.2, 0) is 12.3 Å². The fourth-order valence-electron chi connectivity index (χ4n) is 2.98. The van der Waals surface area contributed by atoms with Crippen LogP contribution in [0.3, 0.4) is 0 Å². The number of pyridine rings is 1. The van der Waals surface area contributed by atoms with E-state index in [2.05, 4.69) is 20.1 Å². The minimum atomic E-state index is -0.448. The number of benzene rings is 1. The molecule has 0 aliphatic heterocycles. The molecular formula is C21H19N5O3S2. The van der Waals surface area contributed by atoms with Crippen LogP contribution in [0.5, 0.6) is 0 Å². The van der Waals surface area contributed by atoms with Crippen LogP contribution < -0.4 is 11.2 Å². The van der Waals surface area contributed by atoms with Crippen molar-refractivity contribution in [3.8, 4) is 11.5 Å². The molecule has 0 unspecified atom stereocenters. The Morgan fingerprint density at radius 2 is 1.94 bits per heavy atom. The fraction of sp³-hybridized carbons (Fsp3) is 0.190. The molecule has 0 aliphatic carbocycles. The van der Waals surface area contributed by atoms with Gasteiger partial charge in [-0.05, 0) is 30.9 Å². The second-order valence-corrected chi connectivity index (χ2v) is 8.41. The summed E-state index contributed by atoms with van der Waals surface area (Å²) in [5, 5.41) is 5.31. The molecule has 0 fully saturated rings. The molecule has 31 heavy (non-hydrogen) atoms. The Labute approximate surface area is 186 Å². The summed E-state index contributed by atoms with van der Waals surface area (Å²) in [5.41, 5.74) is 1.36. The zero-order chi connectivity index (χ0) is 21.8. The van der Waals surface area contributed by atoms with Crippen LogP contribution in [0.2, 0.25) is 0 Å². The molecule has 0 aliphatic rings. The quantitative estimate of drug-likeness (QED) is 0.335. The first-order valence-corrected chi connectivity index (χ1v) is 11.6. The molecule has 1 N–H and O–H groups in total. The van der Waals surface area contributed by atoms with E-state index < -0.39 is 5.69 Å². The van der Waals surface area contributed by atoms with Crippen LogP contribution >= 0.6 is 23.5 Å². The van der Waals surface area contributed by atoms with Crippen molar-refractivity contribution in [3.63, 3.8) is 0 Å². The van der Waals surface area contributed by atoms with Crippen LogP contribution in [0.25, 0.3) is 11.5 Å². The van der Waals surface area contributed by atoms with Gasteiger partial charge in [-0.25, -0.2) is 9.78 Å². The SMILES string of the molecule is CSc1ncccc1-c1nc(CSc2[nH]c(=O)n(Cc3ccccc3)c(=O)c2C)no1. The van der Waals surface area contributed by atoms with E-state index in [1.165, 1.54) is 28.1 Å². The van der Waals surface area contributed by atoms with Gasteiger partial charge in [0.25, 0.3) is 11.4 Å². The molecule has 10 heteroatoms. The number of hydrogen-bond acceptors (Lipinski definition) is 8. The number of H-pyrrole nitrogens is 1. The lowest BCUT2D eigenvalue weighted by Crippen LogP contribution is -2.37. The Morgan fingerprint density at radius 3 is 2.71 bits per heavy atom. The lowest BCUT2D eigenvalue weighted by molar-refractivity contribution is 0.424. The largest absolute Gasteiger partial charge is 0.334 e. The lowest BCUT2D eigenvalue weighted by Gasteiger charge is -2.09. The summed E-state index contributed by atoms with van der Waals surface area (Å²) in [5.74, 6) is 1.19. The van der Waals surface area contributed by atoms with Crippen molar-refractivity contribution in [1.82, 2.24) is 24.7 Å². The Balaban J connectivity index is 1.53. The summed E-state index contributed by atoms with van der Waals surface area (Å²) in [7, 11) is 0. The van der Waals surface area contributed by atoms with Crippen LogP contribution in [0.4, 0.5) is 0 Å². The van der Waals surface area contributed by atoms with Gasteiger partial charge in [-0.2, -0.15) is 4.98 Å². The monoisotopic (exact) mass is 453 g/mol. The first-order valence-electron chi connectivity index (χ1n) is 9.39. The van der Waals surface area contributed by atoms with Crippen molar-refractivity contribution in [3.05, 3.63) is 86.5 Å². The highest BCUT2D eigenvalue weighted by Crippen LogP contribution is 2.28. The number of nitrogens with zero attached hydrogens (tertiary/aromatic N) is 4. The molecule has 0 spiro atoms. The highest BCUT2D eigenvalue weighted by molar-refractivity contribution is 7.98. The minimum Gasteiger partial charge on any atom is -0.334 e. The maximum atomic E-state index is 12.8. The summed E-state index contributed by atoms with van der Waals surface area (Å²) in [6.45, 7) is 1.92. The molecule has 3 heterocycles. The van der Waals surface area contributed by atoms with E-state index in [1.54, 1.807) is 13.1 Å². The molecule has 4 rings (SSSR count). The molecule has 0 saturated heterocycles. The third-order valence-corrected chi connectivity index (χ3v) is 6.38. The lowest BCUT2D eigenvalue weighted by atomic mass is 10.2. The number of nitrogens with one attached hydrogen (secondary N) is 1. The van der Waals surface area contributed by atoms with E-state index in [9.17, 15) is 9.59 Å². The summed E-state index contributed by atoms with van der Waals surface area (Å²) in [6.07, 6.45) is 3.64. The molecule has 0 amide bonds. The van der Waals surface area contributed by atoms with Gasteiger partial charge in [0.15, 0.2) is 5.82 Å². The molecule has 4 aromatic rings. The predicted octanol–water partition coefficient (Wildman–Crippen LogP) is 3.35. The average molecular weight is 454 g/mol. The van der Waals surface area contributed by atoms with E-state index in [1.807, 2.05) is 48.7 Å². The van der Waals surface area contributed by atoms with E-state index >= 15 is 0 Å². The Kier molecular flexibility index (Phi) is 6.38. The van der Waals surface area contributed by atoms with E-state index in [4.69, 9.17) is 4.52 Å². The predicted molar refractivity (Wildman–Crippen MR) is 120 cm³/mol. The van der Waals surface area contributed by atoms with E-state index in [-0.39, 0.29) is 12.1 Å². The van der Waals surface area contributed by atoms with E-state index in [0.29, 0.717) is 28.1 Å². The molecule has 3 aromatic heterocycles. The van der Waals surface area contributed by atoms with Gasteiger partial charge in [-0.3, -0.25) is 9.36 Å². The molecule has 0 saturated carbocycles. The Morgan fingerprint density at radius 1 is 1.13 bits per heavy atom. The molecule has 0 bridgehead atoms. The van der Waals surface area contributed by atoms with Crippen molar-refractivity contribution in [2.45, 2.75) is 29.3 Å². The number of aromatic amines is 1. The fourth-order valence-corrected chi connectivity index (χ4v) is 4.37. The zero-order valence-corrected chi connectivity index (χ0v) is 18.5. The van der Waals surface area contributed by atoms with Crippen LogP contribution in [0, 0.1) is 6.92 Å². The van der Waals surface area contributed by atoms with Gasteiger partial charge in [-0.1, -0.05) is 47.3 Å².